The molecule has 0 aliphatic carbocycles. The van der Waals surface area contributed by atoms with Gasteiger partial charge in [-0.2, -0.15) is 0 Å². The molecule has 0 rings (SSSR count). The van der Waals surface area contributed by atoms with Gasteiger partial charge in [-0.05, 0) is 39.9 Å². The molecular weight excluding hydrogens is 124 g/mol. The molecule has 0 aromatic rings. The predicted molar refractivity (Wildman–Crippen MR) is 46.1 cm³/mol. The van der Waals surface area contributed by atoms with E-state index in [1.54, 1.807) is 0 Å². The number of rotatable bonds is 5. The summed E-state index contributed by atoms with van der Waals surface area (Å²) in [5.74, 6) is 0. The highest BCUT2D eigenvalue weighted by atomic mass is 15.1. The monoisotopic (exact) mass is 144 g/mol. The SMILES string of the molecule is CCN(C)CCCC(C)N. The molecular formula is C8H20N2. The summed E-state index contributed by atoms with van der Waals surface area (Å²) in [5, 5.41) is 0. The van der Waals surface area contributed by atoms with Gasteiger partial charge in [0.05, 0.1) is 0 Å². The molecule has 0 fully saturated rings. The molecule has 10 heavy (non-hydrogen) atoms. The van der Waals surface area contributed by atoms with Crippen LogP contribution in [0.5, 0.6) is 0 Å². The summed E-state index contributed by atoms with van der Waals surface area (Å²) < 4.78 is 0. The zero-order chi connectivity index (χ0) is 7.98. The van der Waals surface area contributed by atoms with E-state index in [0.717, 1.165) is 13.0 Å². The Hall–Kier alpha value is -0.0800. The Labute approximate surface area is 64.4 Å². The zero-order valence-electron chi connectivity index (χ0n) is 7.43. The van der Waals surface area contributed by atoms with Gasteiger partial charge in [-0.3, -0.25) is 0 Å². The third kappa shape index (κ3) is 6.05. The maximum Gasteiger partial charge on any atom is 0.00109 e. The molecule has 0 aliphatic heterocycles. The Bertz CT molecular complexity index is 71.7. The summed E-state index contributed by atoms with van der Waals surface area (Å²) in [4.78, 5) is 2.31. The van der Waals surface area contributed by atoms with E-state index >= 15 is 0 Å². The van der Waals surface area contributed by atoms with Crippen molar-refractivity contribution in [1.29, 1.82) is 0 Å². The van der Waals surface area contributed by atoms with E-state index in [2.05, 4.69) is 25.8 Å². The number of hydrogen-bond acceptors (Lipinski definition) is 2. The smallest absolute Gasteiger partial charge is 0.00109 e. The predicted octanol–water partition coefficient (Wildman–Crippen LogP) is 1.07. The summed E-state index contributed by atoms with van der Waals surface area (Å²) >= 11 is 0. The lowest BCUT2D eigenvalue weighted by Gasteiger charge is -2.13. The highest BCUT2D eigenvalue weighted by Gasteiger charge is 1.96. The first kappa shape index (κ1) is 9.92. The van der Waals surface area contributed by atoms with Crippen LogP contribution in [0, 0.1) is 0 Å². The van der Waals surface area contributed by atoms with Crippen molar-refractivity contribution in [3.63, 3.8) is 0 Å². The molecule has 0 aromatic heterocycles. The van der Waals surface area contributed by atoms with E-state index in [9.17, 15) is 0 Å². The van der Waals surface area contributed by atoms with E-state index in [0.29, 0.717) is 6.04 Å². The first-order chi connectivity index (χ1) is 4.66. The van der Waals surface area contributed by atoms with Crippen molar-refractivity contribution in [3.05, 3.63) is 0 Å². The molecule has 1 atom stereocenters. The Morgan fingerprint density at radius 3 is 2.50 bits per heavy atom. The summed E-state index contributed by atoms with van der Waals surface area (Å²) in [6.07, 6.45) is 2.37. The fourth-order valence-electron chi connectivity index (χ4n) is 0.841. The topological polar surface area (TPSA) is 29.3 Å². The molecule has 0 spiro atoms. The molecule has 2 N–H and O–H groups in total. The summed E-state index contributed by atoms with van der Waals surface area (Å²) in [5.41, 5.74) is 5.60. The molecule has 0 saturated heterocycles. The normalized spacial score (nSPS) is 14.1. The lowest BCUT2D eigenvalue weighted by Crippen LogP contribution is -2.22. The second kappa shape index (κ2) is 5.69. The van der Waals surface area contributed by atoms with Crippen LogP contribution < -0.4 is 5.73 Å². The van der Waals surface area contributed by atoms with Crippen LogP contribution in [0.2, 0.25) is 0 Å². The van der Waals surface area contributed by atoms with Crippen LogP contribution in [0.4, 0.5) is 0 Å². The minimum absolute atomic E-state index is 0.366. The molecule has 2 heteroatoms. The van der Waals surface area contributed by atoms with E-state index in [1.165, 1.54) is 13.0 Å². The summed E-state index contributed by atoms with van der Waals surface area (Å²) in [6, 6.07) is 0.366. The van der Waals surface area contributed by atoms with Crippen molar-refractivity contribution < 1.29 is 0 Å². The maximum absolute atomic E-state index is 5.60. The van der Waals surface area contributed by atoms with Gasteiger partial charge in [-0.1, -0.05) is 6.92 Å². The third-order valence-electron chi connectivity index (χ3n) is 1.74. The molecule has 0 saturated carbocycles. The second-order valence-corrected chi connectivity index (χ2v) is 3.02. The minimum Gasteiger partial charge on any atom is -0.328 e. The highest BCUT2D eigenvalue weighted by molar-refractivity contribution is 4.55. The van der Waals surface area contributed by atoms with Gasteiger partial charge in [0.25, 0.3) is 0 Å². The van der Waals surface area contributed by atoms with E-state index in [-0.39, 0.29) is 0 Å². The molecule has 0 aliphatic rings. The lowest BCUT2D eigenvalue weighted by molar-refractivity contribution is 0.339. The van der Waals surface area contributed by atoms with Crippen LogP contribution >= 0.6 is 0 Å². The molecule has 62 valence electrons. The van der Waals surface area contributed by atoms with Crippen LogP contribution in [-0.4, -0.2) is 31.1 Å². The highest BCUT2D eigenvalue weighted by Crippen LogP contribution is 1.94. The molecule has 1 unspecified atom stereocenters. The second-order valence-electron chi connectivity index (χ2n) is 3.02. The van der Waals surface area contributed by atoms with Gasteiger partial charge in [-0.25, -0.2) is 0 Å². The van der Waals surface area contributed by atoms with E-state index < -0.39 is 0 Å². The van der Waals surface area contributed by atoms with E-state index in [1.807, 2.05) is 0 Å². The van der Waals surface area contributed by atoms with Crippen LogP contribution in [0.25, 0.3) is 0 Å². The fraction of sp³-hybridized carbons (Fsp3) is 1.00. The number of hydrogen-bond donors (Lipinski definition) is 1. The van der Waals surface area contributed by atoms with Crippen molar-refractivity contribution in [2.75, 3.05) is 20.1 Å². The first-order valence-electron chi connectivity index (χ1n) is 4.11. The Morgan fingerprint density at radius 2 is 2.10 bits per heavy atom. The van der Waals surface area contributed by atoms with Crippen molar-refractivity contribution in [2.45, 2.75) is 32.7 Å². The van der Waals surface area contributed by atoms with E-state index in [4.69, 9.17) is 5.73 Å². The van der Waals surface area contributed by atoms with Crippen molar-refractivity contribution in [2.24, 2.45) is 5.73 Å². The van der Waals surface area contributed by atoms with Gasteiger partial charge in [0, 0.05) is 6.04 Å². The quantitative estimate of drug-likeness (QED) is 0.625. The number of nitrogens with zero attached hydrogens (tertiary/aromatic N) is 1. The average molecular weight is 144 g/mol. The lowest BCUT2D eigenvalue weighted by atomic mass is 10.2. The zero-order valence-corrected chi connectivity index (χ0v) is 7.43. The fourth-order valence-corrected chi connectivity index (χ4v) is 0.841. The Morgan fingerprint density at radius 1 is 1.50 bits per heavy atom. The van der Waals surface area contributed by atoms with Crippen LogP contribution in [0.3, 0.4) is 0 Å². The van der Waals surface area contributed by atoms with Gasteiger partial charge in [-0.15, -0.1) is 0 Å². The van der Waals surface area contributed by atoms with Gasteiger partial charge in [0.1, 0.15) is 0 Å². The van der Waals surface area contributed by atoms with Crippen molar-refractivity contribution in [1.82, 2.24) is 4.90 Å². The summed E-state index contributed by atoms with van der Waals surface area (Å²) in [6.45, 7) is 6.55. The minimum atomic E-state index is 0.366. The van der Waals surface area contributed by atoms with Crippen molar-refractivity contribution in [3.8, 4) is 0 Å². The Kier molecular flexibility index (Phi) is 5.64. The third-order valence-corrected chi connectivity index (χ3v) is 1.74. The maximum atomic E-state index is 5.60. The van der Waals surface area contributed by atoms with Crippen LogP contribution in [-0.2, 0) is 0 Å². The number of nitrogens with two attached hydrogens (primary N) is 1. The average Bonchev–Trinajstić information content (AvgIpc) is 1.87. The van der Waals surface area contributed by atoms with Gasteiger partial charge in [0.15, 0.2) is 0 Å². The largest absolute Gasteiger partial charge is 0.328 e. The van der Waals surface area contributed by atoms with Crippen LogP contribution in [0.1, 0.15) is 26.7 Å². The molecule has 0 heterocycles. The first-order valence-corrected chi connectivity index (χ1v) is 4.11. The van der Waals surface area contributed by atoms with Gasteiger partial charge < -0.3 is 10.6 Å². The molecule has 0 bridgehead atoms. The molecule has 2 nitrogen and oxygen atoms in total. The molecule has 0 amide bonds. The molecule has 0 radical (unpaired) electrons. The summed E-state index contributed by atoms with van der Waals surface area (Å²) in [7, 11) is 2.14. The molecule has 0 aromatic carbocycles. The van der Waals surface area contributed by atoms with Gasteiger partial charge >= 0.3 is 0 Å². The Balaban J connectivity index is 3.03. The van der Waals surface area contributed by atoms with Gasteiger partial charge in [0.2, 0.25) is 0 Å². The standard InChI is InChI=1S/C8H20N2/c1-4-10(3)7-5-6-8(2)9/h8H,4-7,9H2,1-3H3. The van der Waals surface area contributed by atoms with Crippen LogP contribution in [0.15, 0.2) is 0 Å². The van der Waals surface area contributed by atoms with Crippen molar-refractivity contribution >= 4 is 0 Å².